The Hall–Kier alpha value is -1.78. The van der Waals surface area contributed by atoms with E-state index in [1.54, 1.807) is 0 Å². The standard InChI is InChI=1S/C20H26ClN3O/c1-14-18(16-6-8-17(21)9-7-16)19(20(22)25)15(2)24(14)13-12-23-10-4-3-5-11-23/h6-9H,3-5,10-13H2,1-2H3,(H2,22,25). The molecule has 0 spiro atoms. The van der Waals surface area contributed by atoms with Gasteiger partial charge in [0.15, 0.2) is 0 Å². The first kappa shape index (κ1) is 18.0. The van der Waals surface area contributed by atoms with Crippen molar-refractivity contribution in [2.75, 3.05) is 19.6 Å². The van der Waals surface area contributed by atoms with E-state index in [1.807, 2.05) is 31.2 Å². The van der Waals surface area contributed by atoms with Crippen molar-refractivity contribution in [2.45, 2.75) is 39.7 Å². The van der Waals surface area contributed by atoms with Gasteiger partial charge in [-0.1, -0.05) is 30.2 Å². The van der Waals surface area contributed by atoms with Gasteiger partial charge in [-0.05, 0) is 57.5 Å². The summed E-state index contributed by atoms with van der Waals surface area (Å²) in [6.07, 6.45) is 3.91. The number of nitrogens with zero attached hydrogens (tertiary/aromatic N) is 2. The highest BCUT2D eigenvalue weighted by Crippen LogP contribution is 2.33. The molecule has 0 aliphatic carbocycles. The summed E-state index contributed by atoms with van der Waals surface area (Å²) in [4.78, 5) is 14.6. The molecule has 2 heterocycles. The minimum absolute atomic E-state index is 0.373. The number of carbonyl (C=O) groups is 1. The number of benzene rings is 1. The maximum absolute atomic E-state index is 12.1. The lowest BCUT2D eigenvalue weighted by molar-refractivity contribution is 0.1000. The van der Waals surface area contributed by atoms with Crippen LogP contribution in [0.15, 0.2) is 24.3 Å². The molecule has 3 rings (SSSR count). The molecule has 2 N–H and O–H groups in total. The van der Waals surface area contributed by atoms with Crippen molar-refractivity contribution >= 4 is 17.5 Å². The molecule has 1 fully saturated rings. The van der Waals surface area contributed by atoms with Gasteiger partial charge in [0.05, 0.1) is 5.56 Å². The second-order valence-electron chi connectivity index (χ2n) is 6.85. The molecule has 1 aromatic heterocycles. The highest BCUT2D eigenvalue weighted by Gasteiger charge is 2.23. The van der Waals surface area contributed by atoms with Crippen LogP contribution in [-0.4, -0.2) is 35.0 Å². The molecule has 0 saturated carbocycles. The van der Waals surface area contributed by atoms with Gasteiger partial charge in [-0.3, -0.25) is 4.79 Å². The number of aromatic nitrogens is 1. The molecule has 0 atom stereocenters. The molecular weight excluding hydrogens is 334 g/mol. The molecule has 2 aromatic rings. The zero-order chi connectivity index (χ0) is 18.0. The van der Waals surface area contributed by atoms with Crippen LogP contribution in [0.5, 0.6) is 0 Å². The smallest absolute Gasteiger partial charge is 0.251 e. The largest absolute Gasteiger partial charge is 0.366 e. The van der Waals surface area contributed by atoms with Gasteiger partial charge in [0, 0.05) is 35.1 Å². The first-order valence-corrected chi connectivity index (χ1v) is 9.34. The average molecular weight is 360 g/mol. The van der Waals surface area contributed by atoms with Crippen molar-refractivity contribution in [1.82, 2.24) is 9.47 Å². The molecule has 1 aromatic carbocycles. The van der Waals surface area contributed by atoms with Gasteiger partial charge in [0.1, 0.15) is 0 Å². The topological polar surface area (TPSA) is 51.3 Å². The fourth-order valence-electron chi connectivity index (χ4n) is 3.91. The number of primary amides is 1. The molecule has 134 valence electrons. The van der Waals surface area contributed by atoms with Gasteiger partial charge in [-0.25, -0.2) is 0 Å². The molecule has 0 bridgehead atoms. The average Bonchev–Trinajstić information content (AvgIpc) is 2.85. The van der Waals surface area contributed by atoms with Crippen LogP contribution in [-0.2, 0) is 6.54 Å². The SMILES string of the molecule is Cc1c(C(N)=O)c(-c2ccc(Cl)cc2)c(C)n1CCN1CCCCC1. The molecule has 5 heteroatoms. The molecule has 25 heavy (non-hydrogen) atoms. The first-order valence-electron chi connectivity index (χ1n) is 8.97. The van der Waals surface area contributed by atoms with E-state index < -0.39 is 0 Å². The molecule has 0 unspecified atom stereocenters. The zero-order valence-corrected chi connectivity index (χ0v) is 15.8. The van der Waals surface area contributed by atoms with E-state index in [1.165, 1.54) is 32.4 Å². The lowest BCUT2D eigenvalue weighted by Gasteiger charge is -2.27. The van der Waals surface area contributed by atoms with E-state index in [2.05, 4.69) is 16.4 Å². The van der Waals surface area contributed by atoms with Crippen molar-refractivity contribution < 1.29 is 4.79 Å². The van der Waals surface area contributed by atoms with Gasteiger partial charge in [-0.2, -0.15) is 0 Å². The Bertz CT molecular complexity index is 758. The predicted molar refractivity (Wildman–Crippen MR) is 103 cm³/mol. The minimum Gasteiger partial charge on any atom is -0.366 e. The monoisotopic (exact) mass is 359 g/mol. The van der Waals surface area contributed by atoms with E-state index in [9.17, 15) is 4.79 Å². The lowest BCUT2D eigenvalue weighted by Crippen LogP contribution is -2.32. The van der Waals surface area contributed by atoms with E-state index >= 15 is 0 Å². The number of likely N-dealkylation sites (tertiary alicyclic amines) is 1. The Balaban J connectivity index is 1.94. The molecule has 0 radical (unpaired) electrons. The number of nitrogens with two attached hydrogens (primary N) is 1. The Morgan fingerprint density at radius 3 is 2.28 bits per heavy atom. The predicted octanol–water partition coefficient (Wildman–Crippen LogP) is 4.01. The number of rotatable bonds is 5. The molecule has 4 nitrogen and oxygen atoms in total. The van der Waals surface area contributed by atoms with Gasteiger partial charge in [0.25, 0.3) is 5.91 Å². The van der Waals surface area contributed by atoms with Crippen molar-refractivity contribution in [2.24, 2.45) is 5.73 Å². The Morgan fingerprint density at radius 1 is 1.04 bits per heavy atom. The van der Waals surface area contributed by atoms with Crippen molar-refractivity contribution in [3.63, 3.8) is 0 Å². The fraction of sp³-hybridized carbons (Fsp3) is 0.450. The van der Waals surface area contributed by atoms with Crippen LogP contribution in [0, 0.1) is 13.8 Å². The quantitative estimate of drug-likeness (QED) is 0.876. The number of amides is 1. The van der Waals surface area contributed by atoms with E-state index in [0.29, 0.717) is 10.6 Å². The lowest BCUT2D eigenvalue weighted by atomic mass is 10.0. The van der Waals surface area contributed by atoms with E-state index in [-0.39, 0.29) is 5.91 Å². The molecular formula is C20H26ClN3O. The Kier molecular flexibility index (Phi) is 5.50. The summed E-state index contributed by atoms with van der Waals surface area (Å²) in [6, 6.07) is 7.60. The summed E-state index contributed by atoms with van der Waals surface area (Å²) >= 11 is 6.01. The molecule has 1 amide bonds. The normalized spacial score (nSPS) is 15.5. The highest BCUT2D eigenvalue weighted by atomic mass is 35.5. The third-order valence-electron chi connectivity index (χ3n) is 5.25. The van der Waals surface area contributed by atoms with Gasteiger partial charge < -0.3 is 15.2 Å². The van der Waals surface area contributed by atoms with E-state index in [0.717, 1.165) is 35.6 Å². The number of hydrogen-bond acceptors (Lipinski definition) is 2. The van der Waals surface area contributed by atoms with Crippen LogP contribution < -0.4 is 5.73 Å². The summed E-state index contributed by atoms with van der Waals surface area (Å²) in [6.45, 7) is 8.29. The van der Waals surface area contributed by atoms with Crippen LogP contribution in [0.25, 0.3) is 11.1 Å². The van der Waals surface area contributed by atoms with Crippen LogP contribution in [0.2, 0.25) is 5.02 Å². The third-order valence-corrected chi connectivity index (χ3v) is 5.50. The second kappa shape index (κ2) is 7.63. The van der Waals surface area contributed by atoms with Crippen LogP contribution in [0.3, 0.4) is 0 Å². The Morgan fingerprint density at radius 2 is 1.68 bits per heavy atom. The van der Waals surface area contributed by atoms with Crippen molar-refractivity contribution in [1.29, 1.82) is 0 Å². The first-order chi connectivity index (χ1) is 12.0. The van der Waals surface area contributed by atoms with Gasteiger partial charge >= 0.3 is 0 Å². The van der Waals surface area contributed by atoms with E-state index in [4.69, 9.17) is 17.3 Å². The Labute approximate surface area is 154 Å². The maximum Gasteiger partial charge on any atom is 0.251 e. The van der Waals surface area contributed by atoms with Crippen LogP contribution >= 0.6 is 11.6 Å². The number of hydrogen-bond donors (Lipinski definition) is 1. The molecule has 1 aliphatic heterocycles. The van der Waals surface area contributed by atoms with Crippen LogP contribution in [0.1, 0.15) is 41.0 Å². The number of halogens is 1. The van der Waals surface area contributed by atoms with Crippen molar-refractivity contribution in [3.05, 3.63) is 46.2 Å². The maximum atomic E-state index is 12.1. The summed E-state index contributed by atoms with van der Waals surface area (Å²) < 4.78 is 2.23. The number of piperidine rings is 1. The van der Waals surface area contributed by atoms with Crippen LogP contribution in [0.4, 0.5) is 0 Å². The van der Waals surface area contributed by atoms with Gasteiger partial charge in [-0.15, -0.1) is 0 Å². The summed E-state index contributed by atoms with van der Waals surface area (Å²) in [5, 5.41) is 0.684. The highest BCUT2D eigenvalue weighted by molar-refractivity contribution is 6.30. The molecule has 1 aliphatic rings. The number of carbonyl (C=O) groups excluding carboxylic acids is 1. The summed E-state index contributed by atoms with van der Waals surface area (Å²) in [7, 11) is 0. The summed E-state index contributed by atoms with van der Waals surface area (Å²) in [5.74, 6) is -0.373. The minimum atomic E-state index is -0.373. The van der Waals surface area contributed by atoms with Gasteiger partial charge in [0.2, 0.25) is 0 Å². The molecule has 1 saturated heterocycles. The zero-order valence-electron chi connectivity index (χ0n) is 15.0. The third kappa shape index (κ3) is 3.75. The summed E-state index contributed by atoms with van der Waals surface area (Å²) in [5.41, 5.74) is 10.3. The fourth-order valence-corrected chi connectivity index (χ4v) is 4.04. The van der Waals surface area contributed by atoms with Crippen molar-refractivity contribution in [3.8, 4) is 11.1 Å². The second-order valence-corrected chi connectivity index (χ2v) is 7.28.